The molecule has 29 heavy (non-hydrogen) atoms. The molecule has 3 aromatic carbocycles. The van der Waals surface area contributed by atoms with Crippen LogP contribution in [-0.2, 0) is 26.2 Å². The van der Waals surface area contributed by atoms with Gasteiger partial charge >= 0.3 is 0 Å². The monoisotopic (exact) mass is 426 g/mol. The van der Waals surface area contributed by atoms with E-state index in [0.717, 1.165) is 35.2 Å². The summed E-state index contributed by atoms with van der Waals surface area (Å²) in [6, 6.07) is 24.3. The largest absolute Gasteiger partial charge is 0.370 e. The number of halogens is 2. The minimum Gasteiger partial charge on any atom is -0.370 e. The minimum atomic E-state index is 0.102. The van der Waals surface area contributed by atoms with Gasteiger partial charge in [0, 0.05) is 29.7 Å². The van der Waals surface area contributed by atoms with Crippen LogP contribution in [0.25, 0.3) is 0 Å². The number of hydrogen-bond donors (Lipinski definition) is 2. The zero-order valence-corrected chi connectivity index (χ0v) is 17.6. The van der Waals surface area contributed by atoms with Gasteiger partial charge in [0.2, 0.25) is 0 Å². The highest BCUT2D eigenvalue weighted by Crippen LogP contribution is 2.18. The lowest BCUT2D eigenvalue weighted by molar-refractivity contribution is 0.247. The molecule has 0 fully saturated rings. The van der Waals surface area contributed by atoms with E-state index < -0.39 is 0 Å². The highest BCUT2D eigenvalue weighted by Gasteiger charge is 2.09. The Morgan fingerprint density at radius 1 is 0.690 bits per heavy atom. The molecular formula is C23H24Cl2N4. The van der Waals surface area contributed by atoms with Gasteiger partial charge in [0.1, 0.15) is 0 Å². The summed E-state index contributed by atoms with van der Waals surface area (Å²) in [5.41, 5.74) is 15.5. The lowest BCUT2D eigenvalue weighted by atomic mass is 10.1. The van der Waals surface area contributed by atoms with Gasteiger partial charge < -0.3 is 11.5 Å². The van der Waals surface area contributed by atoms with Crippen molar-refractivity contribution in [2.24, 2.45) is 16.5 Å². The van der Waals surface area contributed by atoms with Crippen LogP contribution in [0, 0.1) is 0 Å². The summed E-state index contributed by atoms with van der Waals surface area (Å²) in [7, 11) is 0. The standard InChI is InChI=1S/C23H24Cl2N4/c24-21-10-8-19(9-11-21)15-29(16-20-2-1-3-22(25)12-20)14-18-6-4-17(5-7-18)13-28-23(26)27/h1-12H,13-16H2,(H4,26,27,28). The van der Waals surface area contributed by atoms with Crippen LogP contribution in [0.2, 0.25) is 10.0 Å². The zero-order chi connectivity index (χ0) is 20.6. The van der Waals surface area contributed by atoms with Crippen LogP contribution in [-0.4, -0.2) is 10.9 Å². The Kier molecular flexibility index (Phi) is 7.53. The molecule has 0 aliphatic rings. The molecule has 0 atom stereocenters. The van der Waals surface area contributed by atoms with E-state index in [0.29, 0.717) is 6.54 Å². The first-order chi connectivity index (χ1) is 14.0. The average molecular weight is 427 g/mol. The Hall–Kier alpha value is -2.53. The second-order valence-electron chi connectivity index (χ2n) is 6.96. The summed E-state index contributed by atoms with van der Waals surface area (Å²) in [6.45, 7) is 2.88. The Labute approximate surface area is 181 Å². The molecule has 0 bridgehead atoms. The van der Waals surface area contributed by atoms with Crippen LogP contribution in [0.4, 0.5) is 0 Å². The predicted molar refractivity (Wildman–Crippen MR) is 122 cm³/mol. The molecule has 0 saturated heterocycles. The fourth-order valence-electron chi connectivity index (χ4n) is 3.10. The van der Waals surface area contributed by atoms with Crippen molar-refractivity contribution in [2.45, 2.75) is 26.2 Å². The third-order valence-electron chi connectivity index (χ3n) is 4.49. The summed E-state index contributed by atoms with van der Waals surface area (Å²) in [6.07, 6.45) is 0. The van der Waals surface area contributed by atoms with Gasteiger partial charge in [0.15, 0.2) is 5.96 Å². The van der Waals surface area contributed by atoms with Crippen molar-refractivity contribution < 1.29 is 0 Å². The zero-order valence-electron chi connectivity index (χ0n) is 16.1. The lowest BCUT2D eigenvalue weighted by Crippen LogP contribution is -2.23. The molecular weight excluding hydrogens is 403 g/mol. The third kappa shape index (κ3) is 7.09. The van der Waals surface area contributed by atoms with Gasteiger partial charge in [0.05, 0.1) is 6.54 Å². The number of guanidine groups is 1. The molecule has 4 N–H and O–H groups in total. The fourth-order valence-corrected chi connectivity index (χ4v) is 3.44. The SMILES string of the molecule is NC(N)=NCc1ccc(CN(Cc2ccc(Cl)cc2)Cc2cccc(Cl)c2)cc1. The molecule has 4 nitrogen and oxygen atoms in total. The van der Waals surface area contributed by atoms with Crippen LogP contribution >= 0.6 is 23.2 Å². The normalized spacial score (nSPS) is 10.9. The number of rotatable bonds is 8. The average Bonchev–Trinajstić information content (AvgIpc) is 2.69. The molecule has 3 rings (SSSR count). The summed E-state index contributed by atoms with van der Waals surface area (Å²) < 4.78 is 0. The molecule has 6 heteroatoms. The van der Waals surface area contributed by atoms with Gasteiger partial charge in [-0.25, -0.2) is 4.99 Å². The molecule has 0 aliphatic carbocycles. The topological polar surface area (TPSA) is 67.6 Å². The van der Waals surface area contributed by atoms with E-state index in [-0.39, 0.29) is 5.96 Å². The van der Waals surface area contributed by atoms with Crippen LogP contribution < -0.4 is 11.5 Å². The molecule has 0 unspecified atom stereocenters. The van der Waals surface area contributed by atoms with Crippen LogP contribution in [0.15, 0.2) is 77.8 Å². The summed E-state index contributed by atoms with van der Waals surface area (Å²) in [5.74, 6) is 0.102. The number of hydrogen-bond acceptors (Lipinski definition) is 2. The van der Waals surface area contributed by atoms with Gasteiger partial charge in [-0.15, -0.1) is 0 Å². The third-order valence-corrected chi connectivity index (χ3v) is 4.98. The summed E-state index contributed by atoms with van der Waals surface area (Å²) in [4.78, 5) is 6.43. The second kappa shape index (κ2) is 10.3. The molecule has 0 amide bonds. The maximum absolute atomic E-state index is 6.17. The number of nitrogens with two attached hydrogens (primary N) is 2. The van der Waals surface area contributed by atoms with E-state index in [1.54, 1.807) is 0 Å². The van der Waals surface area contributed by atoms with Gasteiger partial charge in [-0.05, 0) is 46.5 Å². The molecule has 3 aromatic rings. The maximum Gasteiger partial charge on any atom is 0.186 e. The molecule has 0 heterocycles. The quantitative estimate of drug-likeness (QED) is 0.394. The van der Waals surface area contributed by atoms with Crippen LogP contribution in [0.1, 0.15) is 22.3 Å². The molecule has 0 aliphatic heterocycles. The summed E-state index contributed by atoms with van der Waals surface area (Å²) in [5, 5.41) is 1.49. The van der Waals surface area contributed by atoms with E-state index in [1.807, 2.05) is 30.3 Å². The Balaban J connectivity index is 1.74. The first-order valence-electron chi connectivity index (χ1n) is 9.32. The number of nitrogens with zero attached hydrogens (tertiary/aromatic N) is 2. The van der Waals surface area contributed by atoms with Crippen molar-refractivity contribution in [1.29, 1.82) is 0 Å². The predicted octanol–water partition coefficient (Wildman–Crippen LogP) is 4.97. The maximum atomic E-state index is 6.17. The Morgan fingerprint density at radius 2 is 1.24 bits per heavy atom. The van der Waals surface area contributed by atoms with E-state index in [2.05, 4.69) is 52.4 Å². The number of benzene rings is 3. The molecule has 150 valence electrons. The Morgan fingerprint density at radius 3 is 1.83 bits per heavy atom. The molecule has 0 spiro atoms. The fraction of sp³-hybridized carbons (Fsp3) is 0.174. The molecule has 0 saturated carbocycles. The highest BCUT2D eigenvalue weighted by atomic mass is 35.5. The van der Waals surface area contributed by atoms with Gasteiger partial charge in [0.25, 0.3) is 0 Å². The van der Waals surface area contributed by atoms with Crippen LogP contribution in [0.5, 0.6) is 0 Å². The van der Waals surface area contributed by atoms with Crippen molar-refractivity contribution in [3.8, 4) is 0 Å². The van der Waals surface area contributed by atoms with E-state index >= 15 is 0 Å². The first kappa shape index (κ1) is 21.2. The summed E-state index contributed by atoms with van der Waals surface area (Å²) >= 11 is 12.2. The lowest BCUT2D eigenvalue weighted by Gasteiger charge is -2.23. The molecule has 0 radical (unpaired) electrons. The van der Waals surface area contributed by atoms with Crippen molar-refractivity contribution in [2.75, 3.05) is 0 Å². The smallest absolute Gasteiger partial charge is 0.186 e. The van der Waals surface area contributed by atoms with Crippen molar-refractivity contribution in [3.63, 3.8) is 0 Å². The van der Waals surface area contributed by atoms with E-state index in [9.17, 15) is 0 Å². The van der Waals surface area contributed by atoms with E-state index in [1.165, 1.54) is 16.7 Å². The van der Waals surface area contributed by atoms with Crippen molar-refractivity contribution in [1.82, 2.24) is 4.90 Å². The number of aliphatic imine (C=N–C) groups is 1. The van der Waals surface area contributed by atoms with Crippen LogP contribution in [0.3, 0.4) is 0 Å². The van der Waals surface area contributed by atoms with Gasteiger partial charge in [-0.3, -0.25) is 4.90 Å². The second-order valence-corrected chi connectivity index (χ2v) is 7.83. The van der Waals surface area contributed by atoms with Gasteiger partial charge in [-0.1, -0.05) is 71.7 Å². The first-order valence-corrected chi connectivity index (χ1v) is 10.1. The Bertz CT molecular complexity index is 949. The molecule has 0 aromatic heterocycles. The van der Waals surface area contributed by atoms with E-state index in [4.69, 9.17) is 34.7 Å². The van der Waals surface area contributed by atoms with Crippen molar-refractivity contribution in [3.05, 3.63) is 105 Å². The minimum absolute atomic E-state index is 0.102. The van der Waals surface area contributed by atoms with Crippen molar-refractivity contribution >= 4 is 29.2 Å². The van der Waals surface area contributed by atoms with Gasteiger partial charge in [-0.2, -0.15) is 0 Å². The highest BCUT2D eigenvalue weighted by molar-refractivity contribution is 6.30.